The van der Waals surface area contributed by atoms with Gasteiger partial charge in [0, 0.05) is 34.7 Å². The number of carbonyl (C=O) groups excluding carboxylic acids is 1. The van der Waals surface area contributed by atoms with Crippen molar-refractivity contribution in [2.45, 2.75) is 6.92 Å². The first-order valence-electron chi connectivity index (χ1n) is 8.08. The number of hydrogen-bond donors (Lipinski definition) is 1. The van der Waals surface area contributed by atoms with E-state index in [1.165, 1.54) is 12.1 Å². The number of rotatable bonds is 4. The molecule has 0 atom stereocenters. The highest BCUT2D eigenvalue weighted by molar-refractivity contribution is 5.94. The number of anilines is 2. The second kappa shape index (κ2) is 6.40. The van der Waals surface area contributed by atoms with Crippen LogP contribution in [0.4, 0.5) is 16.0 Å². The molecule has 1 N–H and O–H groups in total. The Morgan fingerprint density at radius 1 is 1.04 bits per heavy atom. The van der Waals surface area contributed by atoms with Crippen LogP contribution in [0.2, 0.25) is 0 Å². The number of fused-ring (bicyclic) bond motifs is 1. The smallest absolute Gasteiger partial charge is 0.229 e. The van der Waals surface area contributed by atoms with Crippen LogP contribution in [0.15, 0.2) is 67.0 Å². The number of Topliss-reactive ketones (excluding diaryl/α,β-unsaturated/α-hetero) is 1. The van der Waals surface area contributed by atoms with Crippen LogP contribution in [0.3, 0.4) is 0 Å². The summed E-state index contributed by atoms with van der Waals surface area (Å²) in [5.74, 6) is 0.154. The van der Waals surface area contributed by atoms with Gasteiger partial charge >= 0.3 is 0 Å². The average molecular weight is 346 g/mol. The molecule has 2 heterocycles. The summed E-state index contributed by atoms with van der Waals surface area (Å²) in [6, 6.07) is 15.3. The van der Waals surface area contributed by atoms with Crippen molar-refractivity contribution in [1.82, 2.24) is 14.5 Å². The molecule has 2 aromatic carbocycles. The molecule has 128 valence electrons. The minimum Gasteiger partial charge on any atom is -0.324 e. The quantitative estimate of drug-likeness (QED) is 0.553. The van der Waals surface area contributed by atoms with Gasteiger partial charge in [0.25, 0.3) is 0 Å². The molecule has 0 spiro atoms. The standard InChI is InChI=1S/C20H15FN4O/c1-13(26)14-2-8-18(9-3-14)25-11-10-15-12-22-20(24-19(15)25)23-17-6-4-16(21)5-7-17/h2-12H,1H3,(H,22,23,24). The van der Waals surface area contributed by atoms with Crippen molar-refractivity contribution in [3.05, 3.63) is 78.4 Å². The van der Waals surface area contributed by atoms with Crippen LogP contribution in [-0.4, -0.2) is 20.3 Å². The van der Waals surface area contributed by atoms with Crippen molar-refractivity contribution < 1.29 is 9.18 Å². The highest BCUT2D eigenvalue weighted by atomic mass is 19.1. The maximum atomic E-state index is 13.0. The monoisotopic (exact) mass is 346 g/mol. The third kappa shape index (κ3) is 3.04. The fourth-order valence-electron chi connectivity index (χ4n) is 2.71. The highest BCUT2D eigenvalue weighted by Gasteiger charge is 2.08. The van der Waals surface area contributed by atoms with E-state index < -0.39 is 0 Å². The summed E-state index contributed by atoms with van der Waals surface area (Å²) in [6.07, 6.45) is 3.64. The van der Waals surface area contributed by atoms with Crippen molar-refractivity contribution in [3.8, 4) is 5.69 Å². The highest BCUT2D eigenvalue weighted by Crippen LogP contribution is 2.21. The molecular formula is C20H15FN4O. The number of carbonyl (C=O) groups is 1. The van der Waals surface area contributed by atoms with Gasteiger partial charge in [0.1, 0.15) is 11.5 Å². The first-order valence-corrected chi connectivity index (χ1v) is 8.08. The van der Waals surface area contributed by atoms with Gasteiger partial charge in [0.2, 0.25) is 5.95 Å². The van der Waals surface area contributed by atoms with E-state index >= 15 is 0 Å². The average Bonchev–Trinajstić information content (AvgIpc) is 3.07. The van der Waals surface area contributed by atoms with E-state index in [1.54, 1.807) is 37.4 Å². The largest absolute Gasteiger partial charge is 0.324 e. The molecule has 0 radical (unpaired) electrons. The van der Waals surface area contributed by atoms with Crippen molar-refractivity contribution >= 4 is 28.5 Å². The number of ketones is 1. The third-order valence-electron chi connectivity index (χ3n) is 4.08. The Morgan fingerprint density at radius 2 is 1.77 bits per heavy atom. The van der Waals surface area contributed by atoms with Crippen molar-refractivity contribution in [2.75, 3.05) is 5.32 Å². The number of nitrogens with one attached hydrogen (secondary N) is 1. The topological polar surface area (TPSA) is 59.8 Å². The van der Waals surface area contributed by atoms with Crippen molar-refractivity contribution in [2.24, 2.45) is 0 Å². The molecule has 0 aliphatic heterocycles. The molecule has 0 unspecified atom stereocenters. The summed E-state index contributed by atoms with van der Waals surface area (Å²) in [6.45, 7) is 1.54. The first-order chi connectivity index (χ1) is 12.6. The fourth-order valence-corrected chi connectivity index (χ4v) is 2.71. The van der Waals surface area contributed by atoms with E-state index in [4.69, 9.17) is 0 Å². The van der Waals surface area contributed by atoms with Gasteiger partial charge in [-0.2, -0.15) is 4.98 Å². The summed E-state index contributed by atoms with van der Waals surface area (Å²) in [5, 5.41) is 3.96. The molecule has 2 aromatic heterocycles. The molecule has 0 aliphatic carbocycles. The Balaban J connectivity index is 1.70. The summed E-state index contributed by atoms with van der Waals surface area (Å²) in [5.41, 5.74) is 3.00. The van der Waals surface area contributed by atoms with Gasteiger partial charge in [-0.3, -0.25) is 4.79 Å². The third-order valence-corrected chi connectivity index (χ3v) is 4.08. The van der Waals surface area contributed by atoms with Gasteiger partial charge in [-0.15, -0.1) is 0 Å². The van der Waals surface area contributed by atoms with E-state index in [0.717, 1.165) is 16.7 Å². The van der Waals surface area contributed by atoms with Gasteiger partial charge in [-0.05, 0) is 61.5 Å². The number of hydrogen-bond acceptors (Lipinski definition) is 4. The van der Waals surface area contributed by atoms with Gasteiger partial charge in [0.05, 0.1) is 0 Å². The zero-order valence-corrected chi connectivity index (χ0v) is 14.0. The summed E-state index contributed by atoms with van der Waals surface area (Å²) < 4.78 is 15.0. The van der Waals surface area contributed by atoms with Crippen molar-refractivity contribution in [1.29, 1.82) is 0 Å². The van der Waals surface area contributed by atoms with E-state index in [-0.39, 0.29) is 11.6 Å². The van der Waals surface area contributed by atoms with Gasteiger partial charge in [-0.1, -0.05) is 0 Å². The molecule has 26 heavy (non-hydrogen) atoms. The minimum atomic E-state index is -0.296. The molecule has 0 saturated heterocycles. The Labute approximate surface area is 149 Å². The van der Waals surface area contributed by atoms with Crippen LogP contribution >= 0.6 is 0 Å². The van der Waals surface area contributed by atoms with Crippen LogP contribution < -0.4 is 5.32 Å². The van der Waals surface area contributed by atoms with Crippen LogP contribution in [0.1, 0.15) is 17.3 Å². The van der Waals surface area contributed by atoms with Gasteiger partial charge < -0.3 is 9.88 Å². The van der Waals surface area contributed by atoms with E-state index in [9.17, 15) is 9.18 Å². The lowest BCUT2D eigenvalue weighted by Gasteiger charge is -2.08. The lowest BCUT2D eigenvalue weighted by Crippen LogP contribution is -2.00. The molecule has 0 aliphatic rings. The molecule has 4 rings (SSSR count). The second-order valence-electron chi connectivity index (χ2n) is 5.89. The summed E-state index contributed by atoms with van der Waals surface area (Å²) in [7, 11) is 0. The molecular weight excluding hydrogens is 331 g/mol. The SMILES string of the molecule is CC(=O)c1ccc(-n2ccc3cnc(Nc4ccc(F)cc4)nc32)cc1. The number of benzene rings is 2. The summed E-state index contributed by atoms with van der Waals surface area (Å²) >= 11 is 0. The zero-order valence-electron chi connectivity index (χ0n) is 14.0. The Morgan fingerprint density at radius 3 is 2.46 bits per heavy atom. The lowest BCUT2D eigenvalue weighted by atomic mass is 10.1. The minimum absolute atomic E-state index is 0.0297. The predicted octanol–water partition coefficient (Wildman–Crippen LogP) is 4.51. The Kier molecular flexibility index (Phi) is 3.93. The number of aromatic nitrogens is 3. The molecule has 0 saturated carbocycles. The van der Waals surface area contributed by atoms with Crippen LogP contribution in [0.25, 0.3) is 16.7 Å². The molecule has 0 bridgehead atoms. The number of halogens is 1. The van der Waals surface area contributed by atoms with Gasteiger partial charge in [0.15, 0.2) is 5.78 Å². The van der Waals surface area contributed by atoms with E-state index in [1.807, 2.05) is 29.0 Å². The molecule has 0 fully saturated rings. The predicted molar refractivity (Wildman–Crippen MR) is 98.6 cm³/mol. The fraction of sp³-hybridized carbons (Fsp3) is 0.0500. The second-order valence-corrected chi connectivity index (χ2v) is 5.89. The van der Waals surface area contributed by atoms with Crippen LogP contribution in [-0.2, 0) is 0 Å². The lowest BCUT2D eigenvalue weighted by molar-refractivity contribution is 0.101. The summed E-state index contributed by atoms with van der Waals surface area (Å²) in [4.78, 5) is 20.3. The Bertz CT molecular complexity index is 1090. The number of nitrogens with zero attached hydrogens (tertiary/aromatic N) is 3. The molecule has 4 aromatic rings. The van der Waals surface area contributed by atoms with Gasteiger partial charge in [-0.25, -0.2) is 9.37 Å². The van der Waals surface area contributed by atoms with Crippen LogP contribution in [0.5, 0.6) is 0 Å². The van der Waals surface area contributed by atoms with Crippen molar-refractivity contribution in [3.63, 3.8) is 0 Å². The normalized spacial score (nSPS) is 10.8. The van der Waals surface area contributed by atoms with Crippen LogP contribution in [0, 0.1) is 5.82 Å². The van der Waals surface area contributed by atoms with E-state index in [0.29, 0.717) is 17.2 Å². The maximum absolute atomic E-state index is 13.0. The molecule has 0 amide bonds. The molecule has 6 heteroatoms. The maximum Gasteiger partial charge on any atom is 0.229 e. The Hall–Kier alpha value is -3.54. The first kappa shape index (κ1) is 16.0. The van der Waals surface area contributed by atoms with E-state index in [2.05, 4.69) is 15.3 Å². The zero-order chi connectivity index (χ0) is 18.1. The molecule has 5 nitrogen and oxygen atoms in total.